The van der Waals surface area contributed by atoms with Crippen molar-refractivity contribution in [3.63, 3.8) is 0 Å². The van der Waals surface area contributed by atoms with Gasteiger partial charge in [0.15, 0.2) is 11.6 Å². The fraction of sp³-hybridized carbons (Fsp3) is 0.250. The summed E-state index contributed by atoms with van der Waals surface area (Å²) in [5.74, 6) is -2.69. The van der Waals surface area contributed by atoms with Crippen LogP contribution in [0.5, 0.6) is 0 Å². The predicted octanol–water partition coefficient (Wildman–Crippen LogP) is 2.92. The molecule has 2 amide bonds. The van der Waals surface area contributed by atoms with E-state index >= 15 is 0 Å². The van der Waals surface area contributed by atoms with E-state index in [-0.39, 0.29) is 23.6 Å². The molecule has 1 aliphatic carbocycles. The van der Waals surface area contributed by atoms with E-state index in [1.54, 1.807) is 24.5 Å². The molecule has 6 nitrogen and oxygen atoms in total. The minimum Gasteiger partial charge on any atom is -0.349 e. The molecule has 3 aromatic rings. The van der Waals surface area contributed by atoms with E-state index in [0.717, 1.165) is 29.6 Å². The normalized spacial score (nSPS) is 18.9. The van der Waals surface area contributed by atoms with Crippen molar-refractivity contribution in [2.75, 3.05) is 0 Å². The van der Waals surface area contributed by atoms with E-state index < -0.39 is 17.5 Å². The molecule has 1 fully saturated rings. The third kappa shape index (κ3) is 3.71. The molecular weight excluding hydrogens is 366 g/mol. The number of amides is 2. The lowest BCUT2D eigenvalue weighted by Crippen LogP contribution is -2.37. The van der Waals surface area contributed by atoms with Crippen molar-refractivity contribution in [2.24, 2.45) is 0 Å². The molecule has 0 spiro atoms. The molecular formula is C20H18F2N4O2. The van der Waals surface area contributed by atoms with Crippen molar-refractivity contribution < 1.29 is 18.4 Å². The number of rotatable bonds is 4. The van der Waals surface area contributed by atoms with Crippen LogP contribution >= 0.6 is 0 Å². The zero-order chi connectivity index (χ0) is 19.7. The molecule has 2 aromatic carbocycles. The summed E-state index contributed by atoms with van der Waals surface area (Å²) in [5.41, 5.74) is 2.18. The van der Waals surface area contributed by atoms with E-state index in [1.807, 2.05) is 0 Å². The van der Waals surface area contributed by atoms with Gasteiger partial charge in [-0.25, -0.2) is 13.8 Å². The Labute approximate surface area is 159 Å². The van der Waals surface area contributed by atoms with E-state index in [0.29, 0.717) is 18.4 Å². The molecule has 1 aromatic heterocycles. The number of hydrogen-bond acceptors (Lipinski definition) is 3. The van der Waals surface area contributed by atoms with Crippen LogP contribution in [0.4, 0.5) is 8.78 Å². The molecule has 1 saturated carbocycles. The molecule has 2 atom stereocenters. The Hall–Kier alpha value is -3.29. The van der Waals surface area contributed by atoms with Crippen LogP contribution in [0.15, 0.2) is 42.7 Å². The number of imidazole rings is 1. The van der Waals surface area contributed by atoms with Gasteiger partial charge in [0.25, 0.3) is 11.8 Å². The summed E-state index contributed by atoms with van der Waals surface area (Å²) in [6.07, 6.45) is 3.57. The third-order valence-corrected chi connectivity index (χ3v) is 4.97. The molecule has 0 saturated heterocycles. The highest BCUT2D eigenvalue weighted by molar-refractivity contribution is 5.97. The van der Waals surface area contributed by atoms with Gasteiger partial charge in [-0.1, -0.05) is 0 Å². The quantitative estimate of drug-likeness (QED) is 0.646. The highest BCUT2D eigenvalue weighted by Gasteiger charge is 2.27. The monoisotopic (exact) mass is 384 g/mol. The van der Waals surface area contributed by atoms with Gasteiger partial charge in [-0.15, -0.1) is 0 Å². The first kappa shape index (κ1) is 18.1. The van der Waals surface area contributed by atoms with Crippen LogP contribution in [-0.2, 0) is 0 Å². The standard InChI is InChI=1S/C20H18F2N4O2/c21-15-5-1-11(7-16(15)22)19(27)25-13-3-4-14(9-13)26-20(28)12-2-6-17-18(8-12)24-10-23-17/h1-2,5-8,10,13-14H,3-4,9H2,(H,23,24)(H,25,27)(H,26,28)/t13-,14+/m1/s1. The van der Waals surface area contributed by atoms with Crippen LogP contribution in [0, 0.1) is 11.6 Å². The number of aromatic nitrogens is 2. The smallest absolute Gasteiger partial charge is 0.251 e. The summed E-state index contributed by atoms with van der Waals surface area (Å²) >= 11 is 0. The number of H-pyrrole nitrogens is 1. The van der Waals surface area contributed by atoms with Gasteiger partial charge in [-0.2, -0.15) is 0 Å². The number of hydrogen-bond donors (Lipinski definition) is 3. The Morgan fingerprint density at radius 2 is 1.57 bits per heavy atom. The minimum absolute atomic E-state index is 0.0687. The van der Waals surface area contributed by atoms with Gasteiger partial charge in [0, 0.05) is 23.2 Å². The van der Waals surface area contributed by atoms with Gasteiger partial charge < -0.3 is 15.6 Å². The second-order valence-electron chi connectivity index (χ2n) is 6.92. The Kier molecular flexibility index (Phi) is 4.77. The van der Waals surface area contributed by atoms with Gasteiger partial charge in [0.1, 0.15) is 0 Å². The Balaban J connectivity index is 1.34. The first-order valence-electron chi connectivity index (χ1n) is 8.99. The molecule has 3 N–H and O–H groups in total. The predicted molar refractivity (Wildman–Crippen MR) is 98.8 cm³/mol. The average molecular weight is 384 g/mol. The number of benzene rings is 2. The van der Waals surface area contributed by atoms with E-state index in [2.05, 4.69) is 20.6 Å². The maximum atomic E-state index is 13.3. The lowest BCUT2D eigenvalue weighted by atomic mass is 10.1. The van der Waals surface area contributed by atoms with E-state index in [4.69, 9.17) is 0 Å². The number of carbonyl (C=O) groups is 2. The summed E-state index contributed by atoms with van der Waals surface area (Å²) in [7, 11) is 0. The third-order valence-electron chi connectivity index (χ3n) is 4.97. The van der Waals surface area contributed by atoms with Crippen LogP contribution in [-0.4, -0.2) is 33.9 Å². The average Bonchev–Trinajstić information content (AvgIpc) is 3.32. The van der Waals surface area contributed by atoms with Crippen molar-refractivity contribution in [1.82, 2.24) is 20.6 Å². The number of nitrogens with zero attached hydrogens (tertiary/aromatic N) is 1. The van der Waals surface area contributed by atoms with Crippen molar-refractivity contribution in [3.8, 4) is 0 Å². The first-order chi connectivity index (χ1) is 13.5. The number of halogens is 2. The summed E-state index contributed by atoms with van der Waals surface area (Å²) in [4.78, 5) is 31.8. The minimum atomic E-state index is -1.06. The summed E-state index contributed by atoms with van der Waals surface area (Å²) in [5, 5.41) is 5.79. The molecule has 1 aliphatic rings. The maximum Gasteiger partial charge on any atom is 0.251 e. The van der Waals surface area contributed by atoms with Crippen molar-refractivity contribution in [2.45, 2.75) is 31.3 Å². The zero-order valence-corrected chi connectivity index (χ0v) is 14.8. The van der Waals surface area contributed by atoms with Gasteiger partial charge in [-0.05, 0) is 55.7 Å². The van der Waals surface area contributed by atoms with Gasteiger partial charge >= 0.3 is 0 Å². The van der Waals surface area contributed by atoms with Crippen LogP contribution < -0.4 is 10.6 Å². The molecule has 0 aliphatic heterocycles. The SMILES string of the molecule is O=C(N[C@@H]1CC[C@H](NC(=O)c2ccc3nc[nH]c3c2)C1)c1ccc(F)c(F)c1. The molecule has 144 valence electrons. The largest absolute Gasteiger partial charge is 0.349 e. The molecule has 8 heteroatoms. The maximum absolute atomic E-state index is 13.3. The summed E-state index contributed by atoms with van der Waals surface area (Å²) in [6.45, 7) is 0. The first-order valence-corrected chi connectivity index (χ1v) is 8.99. The van der Waals surface area contributed by atoms with Crippen LogP contribution in [0.1, 0.15) is 40.0 Å². The Bertz CT molecular complexity index is 1050. The van der Waals surface area contributed by atoms with Crippen molar-refractivity contribution in [1.29, 1.82) is 0 Å². The van der Waals surface area contributed by atoms with Crippen molar-refractivity contribution in [3.05, 3.63) is 65.5 Å². The van der Waals surface area contributed by atoms with Crippen LogP contribution in [0.25, 0.3) is 11.0 Å². The number of aromatic amines is 1. The van der Waals surface area contributed by atoms with E-state index in [9.17, 15) is 18.4 Å². The Morgan fingerprint density at radius 3 is 2.25 bits per heavy atom. The zero-order valence-electron chi connectivity index (χ0n) is 14.8. The molecule has 28 heavy (non-hydrogen) atoms. The fourth-order valence-electron chi connectivity index (χ4n) is 3.50. The van der Waals surface area contributed by atoms with E-state index in [1.165, 1.54) is 6.07 Å². The molecule has 1 heterocycles. The van der Waals surface area contributed by atoms with Crippen LogP contribution in [0.2, 0.25) is 0 Å². The van der Waals surface area contributed by atoms with Gasteiger partial charge in [0.2, 0.25) is 0 Å². The van der Waals surface area contributed by atoms with Gasteiger partial charge in [-0.3, -0.25) is 9.59 Å². The van der Waals surface area contributed by atoms with Crippen LogP contribution in [0.3, 0.4) is 0 Å². The summed E-state index contributed by atoms with van der Waals surface area (Å²) < 4.78 is 26.3. The molecule has 4 rings (SSSR count). The lowest BCUT2D eigenvalue weighted by molar-refractivity contribution is 0.0936. The second kappa shape index (κ2) is 7.38. The Morgan fingerprint density at radius 1 is 0.929 bits per heavy atom. The highest BCUT2D eigenvalue weighted by atomic mass is 19.2. The molecule has 0 bridgehead atoms. The fourth-order valence-corrected chi connectivity index (χ4v) is 3.50. The number of nitrogens with one attached hydrogen (secondary N) is 3. The topological polar surface area (TPSA) is 86.9 Å². The van der Waals surface area contributed by atoms with Gasteiger partial charge in [0.05, 0.1) is 17.4 Å². The van der Waals surface area contributed by atoms with Crippen molar-refractivity contribution >= 4 is 22.8 Å². The second-order valence-corrected chi connectivity index (χ2v) is 6.92. The molecule has 0 radical (unpaired) electrons. The highest BCUT2D eigenvalue weighted by Crippen LogP contribution is 2.21. The molecule has 0 unspecified atom stereocenters. The lowest BCUT2D eigenvalue weighted by Gasteiger charge is -2.15. The number of carbonyl (C=O) groups excluding carboxylic acids is 2. The number of fused-ring (bicyclic) bond motifs is 1. The summed E-state index contributed by atoms with van der Waals surface area (Å²) in [6, 6.07) is 8.09.